The molecule has 1 unspecified atom stereocenters. The predicted octanol–water partition coefficient (Wildman–Crippen LogP) is 6.60. The minimum absolute atomic E-state index is 0.0739. The van der Waals surface area contributed by atoms with E-state index in [1.54, 1.807) is 61.5 Å². The number of sulfonamides is 1. The van der Waals surface area contributed by atoms with Gasteiger partial charge in [-0.15, -0.1) is 0 Å². The maximum absolute atomic E-state index is 14.6. The fourth-order valence-corrected chi connectivity index (χ4v) is 5.99. The molecule has 0 bridgehead atoms. The highest BCUT2D eigenvalue weighted by Crippen LogP contribution is 2.35. The fourth-order valence-electron chi connectivity index (χ4n) is 4.82. The highest BCUT2D eigenvalue weighted by Gasteiger charge is 2.25. The third kappa shape index (κ3) is 6.07. The number of aryl methyl sites for hydroxylation is 1. The normalized spacial score (nSPS) is 12.2. The van der Waals surface area contributed by atoms with Gasteiger partial charge >= 0.3 is 6.03 Å². The van der Waals surface area contributed by atoms with Crippen molar-refractivity contribution in [3.05, 3.63) is 131 Å². The summed E-state index contributed by atoms with van der Waals surface area (Å²) in [6.45, 7) is 1.60. The van der Waals surface area contributed by atoms with E-state index in [0.29, 0.717) is 27.5 Å². The minimum atomic E-state index is -4.24. The second-order valence-corrected chi connectivity index (χ2v) is 11.1. The average Bonchev–Trinajstić information content (AvgIpc) is 2.92. The molecule has 0 spiro atoms. The van der Waals surface area contributed by atoms with Gasteiger partial charge < -0.3 is 5.32 Å². The molecule has 1 aromatic heterocycles. The van der Waals surface area contributed by atoms with E-state index in [-0.39, 0.29) is 22.6 Å². The van der Waals surface area contributed by atoms with Gasteiger partial charge in [0.05, 0.1) is 16.6 Å². The van der Waals surface area contributed by atoms with Crippen LogP contribution in [0.3, 0.4) is 0 Å². The van der Waals surface area contributed by atoms with Gasteiger partial charge in [-0.1, -0.05) is 54.6 Å². The van der Waals surface area contributed by atoms with Crippen molar-refractivity contribution >= 4 is 26.8 Å². The molecule has 2 N–H and O–H groups in total. The number of carbonyl (C=O) groups is 1. The molecule has 5 aromatic rings. The first-order valence-corrected chi connectivity index (χ1v) is 14.1. The molecular weight excluding hydrogens is 551 g/mol. The molecule has 0 fully saturated rings. The largest absolute Gasteiger partial charge is 0.329 e. The number of urea groups is 1. The van der Waals surface area contributed by atoms with Crippen LogP contribution in [0, 0.1) is 24.4 Å². The highest BCUT2D eigenvalue weighted by molar-refractivity contribution is 7.90. The Hall–Kier alpha value is -4.70. The molecule has 5 rings (SSSR count). The number of halogens is 3. The Morgan fingerprint density at radius 3 is 2.24 bits per heavy atom. The number of hydrogen-bond donors (Lipinski definition) is 2. The van der Waals surface area contributed by atoms with Gasteiger partial charge in [-0.3, -0.25) is 4.98 Å². The van der Waals surface area contributed by atoms with E-state index in [1.165, 1.54) is 24.4 Å². The second-order valence-electron chi connectivity index (χ2n) is 9.46. The first-order valence-electron chi connectivity index (χ1n) is 12.6. The van der Waals surface area contributed by atoms with E-state index in [1.807, 2.05) is 4.72 Å². The summed E-state index contributed by atoms with van der Waals surface area (Å²) < 4.78 is 70.7. The van der Waals surface area contributed by atoms with Gasteiger partial charge in [0, 0.05) is 23.2 Å². The molecule has 4 aromatic carbocycles. The third-order valence-electron chi connectivity index (χ3n) is 6.61. The smallest absolute Gasteiger partial charge is 0.329 e. The van der Waals surface area contributed by atoms with Gasteiger partial charge in [-0.2, -0.15) is 0 Å². The van der Waals surface area contributed by atoms with Crippen molar-refractivity contribution in [2.45, 2.75) is 24.3 Å². The summed E-state index contributed by atoms with van der Waals surface area (Å²) in [6.07, 6.45) is 1.35. The predicted molar refractivity (Wildman–Crippen MR) is 150 cm³/mol. The molecule has 2 amide bonds. The average molecular weight is 576 g/mol. The van der Waals surface area contributed by atoms with Crippen molar-refractivity contribution in [2.75, 3.05) is 0 Å². The molecule has 0 aliphatic carbocycles. The molecule has 1 heterocycles. The summed E-state index contributed by atoms with van der Waals surface area (Å²) in [4.78, 5) is 17.5. The second kappa shape index (κ2) is 11.4. The van der Waals surface area contributed by atoms with Crippen molar-refractivity contribution in [3.63, 3.8) is 0 Å². The van der Waals surface area contributed by atoms with Gasteiger partial charge in [0.15, 0.2) is 0 Å². The molecule has 0 aliphatic heterocycles. The molecule has 0 saturated heterocycles. The Kier molecular flexibility index (Phi) is 7.76. The van der Waals surface area contributed by atoms with Crippen LogP contribution in [0.5, 0.6) is 0 Å². The topological polar surface area (TPSA) is 88.2 Å². The van der Waals surface area contributed by atoms with Gasteiger partial charge in [0.2, 0.25) is 0 Å². The van der Waals surface area contributed by atoms with Crippen LogP contribution in [0.4, 0.5) is 18.0 Å². The van der Waals surface area contributed by atoms with E-state index in [9.17, 15) is 26.4 Å². The number of aromatic nitrogens is 1. The van der Waals surface area contributed by atoms with Crippen molar-refractivity contribution in [2.24, 2.45) is 0 Å². The van der Waals surface area contributed by atoms with Crippen molar-refractivity contribution in [1.29, 1.82) is 0 Å². The lowest BCUT2D eigenvalue weighted by atomic mass is 9.92. The number of hydrogen-bond acceptors (Lipinski definition) is 4. The van der Waals surface area contributed by atoms with Crippen LogP contribution >= 0.6 is 0 Å². The SMILES string of the molecule is Cc1ccccc1S(=O)(=O)NC(=O)NC(Cc1cc(F)cc(F)c1)c1ncccc1-c1ccc(F)c2ccccc12. The summed E-state index contributed by atoms with van der Waals surface area (Å²) in [7, 11) is -4.24. The van der Waals surface area contributed by atoms with Gasteiger partial charge in [-0.05, 0) is 65.8 Å². The highest BCUT2D eigenvalue weighted by atomic mass is 32.2. The van der Waals surface area contributed by atoms with Gasteiger partial charge in [0.1, 0.15) is 17.5 Å². The molecule has 10 heteroatoms. The van der Waals surface area contributed by atoms with Gasteiger partial charge in [-0.25, -0.2) is 31.1 Å². The summed E-state index contributed by atoms with van der Waals surface area (Å²) in [5.74, 6) is -2.03. The van der Waals surface area contributed by atoms with Crippen molar-refractivity contribution in [3.8, 4) is 11.1 Å². The van der Waals surface area contributed by atoms with Crippen LogP contribution in [0.25, 0.3) is 21.9 Å². The van der Waals surface area contributed by atoms with Crippen LogP contribution in [0.15, 0.2) is 102 Å². The first kappa shape index (κ1) is 27.9. The summed E-state index contributed by atoms with van der Waals surface area (Å²) in [6, 6.07) is 20.2. The quantitative estimate of drug-likeness (QED) is 0.229. The zero-order valence-electron chi connectivity index (χ0n) is 21.7. The molecule has 0 radical (unpaired) electrons. The Labute approximate surface area is 234 Å². The monoisotopic (exact) mass is 575 g/mol. The summed E-state index contributed by atoms with van der Waals surface area (Å²) in [5, 5.41) is 3.59. The number of rotatable bonds is 7. The molecule has 1 atom stereocenters. The molecule has 0 saturated carbocycles. The number of nitrogens with zero attached hydrogens (tertiary/aromatic N) is 1. The summed E-state index contributed by atoms with van der Waals surface area (Å²) >= 11 is 0. The Morgan fingerprint density at radius 2 is 1.51 bits per heavy atom. The maximum Gasteiger partial charge on any atom is 0.329 e. The number of pyridine rings is 1. The van der Waals surface area contributed by atoms with Crippen LogP contribution in [0.1, 0.15) is 22.9 Å². The number of nitrogens with one attached hydrogen (secondary N) is 2. The Morgan fingerprint density at radius 1 is 0.829 bits per heavy atom. The Balaban J connectivity index is 1.57. The number of benzene rings is 4. The fraction of sp³-hybridized carbons (Fsp3) is 0.0968. The van der Waals surface area contributed by atoms with Crippen molar-refractivity contribution in [1.82, 2.24) is 15.0 Å². The molecule has 6 nitrogen and oxygen atoms in total. The number of fused-ring (bicyclic) bond motifs is 1. The lowest BCUT2D eigenvalue weighted by molar-refractivity contribution is 0.242. The van der Waals surface area contributed by atoms with E-state index >= 15 is 0 Å². The zero-order chi connectivity index (χ0) is 29.1. The van der Waals surface area contributed by atoms with Crippen LogP contribution in [0.2, 0.25) is 0 Å². The first-order chi connectivity index (χ1) is 19.6. The van der Waals surface area contributed by atoms with E-state index in [4.69, 9.17) is 0 Å². The zero-order valence-corrected chi connectivity index (χ0v) is 22.6. The summed E-state index contributed by atoms with van der Waals surface area (Å²) in [5.41, 5.74) is 2.06. The standard InChI is InChI=1S/C31H24F3N3O3S/c1-19-7-2-5-11-29(19)41(39,40)37-31(38)36-28(17-20-15-21(32)18-22(33)16-20)30-26(10-6-14-35-30)24-12-13-27(34)25-9-4-3-8-23(24)25/h2-16,18,28H,17H2,1H3,(H2,36,37,38). The molecular formula is C31H24F3N3O3S. The van der Waals surface area contributed by atoms with Gasteiger partial charge in [0.25, 0.3) is 10.0 Å². The van der Waals surface area contributed by atoms with E-state index in [0.717, 1.165) is 18.2 Å². The lowest BCUT2D eigenvalue weighted by Crippen LogP contribution is -2.42. The number of carbonyl (C=O) groups excluding carboxylic acids is 1. The van der Waals surface area contributed by atoms with Crippen molar-refractivity contribution < 1.29 is 26.4 Å². The maximum atomic E-state index is 14.6. The lowest BCUT2D eigenvalue weighted by Gasteiger charge is -2.22. The van der Waals surface area contributed by atoms with E-state index in [2.05, 4.69) is 10.3 Å². The van der Waals surface area contributed by atoms with Crippen LogP contribution < -0.4 is 10.0 Å². The molecule has 208 valence electrons. The Bertz CT molecular complexity index is 1860. The third-order valence-corrected chi connectivity index (χ3v) is 8.10. The molecule has 41 heavy (non-hydrogen) atoms. The molecule has 0 aliphatic rings. The van der Waals surface area contributed by atoms with Crippen LogP contribution in [-0.2, 0) is 16.4 Å². The van der Waals surface area contributed by atoms with Crippen LogP contribution in [-0.4, -0.2) is 19.4 Å². The minimum Gasteiger partial charge on any atom is -0.329 e. The van der Waals surface area contributed by atoms with E-state index < -0.39 is 39.5 Å². The number of amides is 2.